The second kappa shape index (κ2) is 16.6. The van der Waals surface area contributed by atoms with Gasteiger partial charge in [-0.3, -0.25) is 14.4 Å². The molecular weight excluding hydrogens is 462 g/mol. The molecule has 2 rings (SSSR count). The number of rotatable bonds is 15. The highest BCUT2D eigenvalue weighted by molar-refractivity contribution is 8.77. The fourth-order valence-corrected chi connectivity index (χ4v) is 6.74. The monoisotopic (exact) mass is 503 g/mol. The maximum atomic E-state index is 12.4. The summed E-state index contributed by atoms with van der Waals surface area (Å²) in [4.78, 5) is 40.9. The van der Waals surface area contributed by atoms with Crippen molar-refractivity contribution < 1.29 is 23.9 Å². The lowest BCUT2D eigenvalue weighted by molar-refractivity contribution is -0.149. The minimum atomic E-state index is -0.521. The maximum Gasteiger partial charge on any atom is 0.307 e. The van der Waals surface area contributed by atoms with Crippen molar-refractivity contribution in [1.29, 1.82) is 0 Å². The SMILES string of the molecule is CCCC(=O)OCC(COC(=O)CCN1CCN(C)CC1)NC(=O)CCCCC1CCSS1. The van der Waals surface area contributed by atoms with E-state index in [4.69, 9.17) is 9.47 Å². The molecule has 33 heavy (non-hydrogen) atoms. The van der Waals surface area contributed by atoms with Gasteiger partial charge in [-0.05, 0) is 32.7 Å². The normalized spacial score (nSPS) is 20.4. The third-order valence-corrected chi connectivity index (χ3v) is 8.85. The van der Waals surface area contributed by atoms with Crippen LogP contribution in [0.25, 0.3) is 0 Å². The number of nitrogens with zero attached hydrogens (tertiary/aromatic N) is 2. The molecule has 0 aromatic heterocycles. The van der Waals surface area contributed by atoms with Crippen LogP contribution in [-0.2, 0) is 23.9 Å². The Labute approximate surface area is 206 Å². The summed E-state index contributed by atoms with van der Waals surface area (Å²) in [5, 5.41) is 3.61. The van der Waals surface area contributed by atoms with E-state index in [9.17, 15) is 14.4 Å². The molecule has 2 aliphatic rings. The molecule has 0 aromatic rings. The van der Waals surface area contributed by atoms with E-state index in [0.717, 1.165) is 45.4 Å². The molecule has 2 atom stereocenters. The van der Waals surface area contributed by atoms with Crippen molar-refractivity contribution in [3.05, 3.63) is 0 Å². The molecule has 0 radical (unpaired) electrons. The Hall–Kier alpha value is -0.970. The van der Waals surface area contributed by atoms with E-state index in [2.05, 4.69) is 22.2 Å². The van der Waals surface area contributed by atoms with Gasteiger partial charge >= 0.3 is 11.9 Å². The molecule has 2 fully saturated rings. The first-order chi connectivity index (χ1) is 16.0. The molecule has 8 nitrogen and oxygen atoms in total. The molecule has 0 spiro atoms. The van der Waals surface area contributed by atoms with Crippen molar-refractivity contribution in [3.8, 4) is 0 Å². The summed E-state index contributed by atoms with van der Waals surface area (Å²) in [5.41, 5.74) is 0. The van der Waals surface area contributed by atoms with E-state index in [0.29, 0.717) is 37.5 Å². The van der Waals surface area contributed by atoms with Crippen LogP contribution in [0.15, 0.2) is 0 Å². The van der Waals surface area contributed by atoms with Crippen LogP contribution in [0.4, 0.5) is 0 Å². The highest BCUT2D eigenvalue weighted by Gasteiger charge is 2.20. The molecule has 2 saturated heterocycles. The van der Waals surface area contributed by atoms with Crippen LogP contribution in [0.3, 0.4) is 0 Å². The standard InChI is InChI=1S/C23H41N3O5S2/c1-3-6-22(28)30-17-19(24-21(27)8-5-4-7-20-10-16-32-33-20)18-31-23(29)9-11-26-14-12-25(2)13-15-26/h19-20H,3-18H2,1-2H3,(H,24,27). The quantitative estimate of drug-likeness (QED) is 0.206. The van der Waals surface area contributed by atoms with Gasteiger partial charge in [-0.2, -0.15) is 0 Å². The van der Waals surface area contributed by atoms with Crippen LogP contribution in [0.2, 0.25) is 0 Å². The lowest BCUT2D eigenvalue weighted by atomic mass is 10.1. The van der Waals surface area contributed by atoms with Crippen molar-refractivity contribution in [2.24, 2.45) is 0 Å². The lowest BCUT2D eigenvalue weighted by Crippen LogP contribution is -2.45. The Bertz CT molecular complexity index is 597. The molecule has 0 bridgehead atoms. The molecule has 0 aromatic carbocycles. The van der Waals surface area contributed by atoms with E-state index in [1.807, 2.05) is 28.5 Å². The maximum absolute atomic E-state index is 12.4. The zero-order valence-corrected chi connectivity index (χ0v) is 21.9. The summed E-state index contributed by atoms with van der Waals surface area (Å²) >= 11 is 0. The fraction of sp³-hybridized carbons (Fsp3) is 0.870. The van der Waals surface area contributed by atoms with E-state index in [-0.39, 0.29) is 31.1 Å². The van der Waals surface area contributed by atoms with Crippen LogP contribution >= 0.6 is 21.6 Å². The zero-order valence-electron chi connectivity index (χ0n) is 20.2. The van der Waals surface area contributed by atoms with Gasteiger partial charge < -0.3 is 24.6 Å². The van der Waals surface area contributed by atoms with E-state index in [1.54, 1.807) is 0 Å². The van der Waals surface area contributed by atoms with Crippen LogP contribution in [0, 0.1) is 0 Å². The predicted molar refractivity (Wildman–Crippen MR) is 134 cm³/mol. The predicted octanol–water partition coefficient (Wildman–Crippen LogP) is 2.71. The summed E-state index contributed by atoms with van der Waals surface area (Å²) < 4.78 is 10.7. The van der Waals surface area contributed by atoms with Crippen molar-refractivity contribution >= 4 is 39.4 Å². The number of piperazine rings is 1. The molecule has 0 saturated carbocycles. The average molecular weight is 504 g/mol. The summed E-state index contributed by atoms with van der Waals surface area (Å²) in [7, 11) is 6.00. The third kappa shape index (κ3) is 12.9. The van der Waals surface area contributed by atoms with Gasteiger partial charge in [-0.1, -0.05) is 34.9 Å². The minimum Gasteiger partial charge on any atom is -0.463 e. The summed E-state index contributed by atoms with van der Waals surface area (Å²) in [6.45, 7) is 6.53. The van der Waals surface area contributed by atoms with Crippen LogP contribution < -0.4 is 5.32 Å². The Morgan fingerprint density at radius 1 is 1.00 bits per heavy atom. The van der Waals surface area contributed by atoms with Gasteiger partial charge in [0.2, 0.25) is 5.91 Å². The van der Waals surface area contributed by atoms with Gasteiger partial charge in [-0.15, -0.1) is 0 Å². The number of unbranched alkanes of at least 4 members (excludes halogenated alkanes) is 1. The van der Waals surface area contributed by atoms with Gasteiger partial charge in [0, 0.05) is 56.6 Å². The fourth-order valence-electron chi connectivity index (χ4n) is 3.71. The molecule has 2 unspecified atom stereocenters. The lowest BCUT2D eigenvalue weighted by Gasteiger charge is -2.32. The second-order valence-corrected chi connectivity index (χ2v) is 11.6. The highest BCUT2D eigenvalue weighted by atomic mass is 33.1. The van der Waals surface area contributed by atoms with Gasteiger partial charge in [0.1, 0.15) is 13.2 Å². The Balaban J connectivity index is 1.68. The van der Waals surface area contributed by atoms with E-state index < -0.39 is 6.04 Å². The minimum absolute atomic E-state index is 0.0165. The van der Waals surface area contributed by atoms with Crippen molar-refractivity contribution in [2.75, 3.05) is 58.7 Å². The largest absolute Gasteiger partial charge is 0.463 e. The highest BCUT2D eigenvalue weighted by Crippen LogP contribution is 2.39. The number of hydrogen-bond acceptors (Lipinski definition) is 9. The Morgan fingerprint density at radius 3 is 2.33 bits per heavy atom. The number of carbonyl (C=O) groups is 3. The van der Waals surface area contributed by atoms with Crippen molar-refractivity contribution in [1.82, 2.24) is 15.1 Å². The Kier molecular flexibility index (Phi) is 14.2. The molecule has 1 N–H and O–H groups in total. The first kappa shape index (κ1) is 28.3. The van der Waals surface area contributed by atoms with Crippen LogP contribution in [-0.4, -0.2) is 97.7 Å². The van der Waals surface area contributed by atoms with Crippen molar-refractivity contribution in [2.45, 2.75) is 69.6 Å². The van der Waals surface area contributed by atoms with E-state index >= 15 is 0 Å². The summed E-state index contributed by atoms with van der Waals surface area (Å²) in [6.07, 6.45) is 6.06. The average Bonchev–Trinajstić information content (AvgIpc) is 3.32. The number of esters is 2. The first-order valence-corrected chi connectivity index (χ1v) is 14.6. The second-order valence-electron chi connectivity index (χ2n) is 8.85. The molecule has 2 heterocycles. The van der Waals surface area contributed by atoms with Gasteiger partial charge in [-0.25, -0.2) is 0 Å². The third-order valence-electron chi connectivity index (χ3n) is 5.85. The van der Waals surface area contributed by atoms with Crippen LogP contribution in [0.5, 0.6) is 0 Å². The number of hydrogen-bond donors (Lipinski definition) is 1. The zero-order chi connectivity index (χ0) is 23.9. The molecule has 0 aliphatic carbocycles. The van der Waals surface area contributed by atoms with Gasteiger partial charge in [0.15, 0.2) is 0 Å². The van der Waals surface area contributed by atoms with Crippen molar-refractivity contribution in [3.63, 3.8) is 0 Å². The number of nitrogens with one attached hydrogen (secondary N) is 1. The molecule has 1 amide bonds. The summed E-state index contributed by atoms with van der Waals surface area (Å²) in [6, 6.07) is -0.521. The molecular formula is C23H41N3O5S2. The number of carbonyl (C=O) groups excluding carboxylic acids is 3. The topological polar surface area (TPSA) is 88.2 Å². The molecule has 10 heteroatoms. The number of amides is 1. The van der Waals surface area contributed by atoms with Gasteiger partial charge in [0.05, 0.1) is 12.5 Å². The first-order valence-electron chi connectivity index (χ1n) is 12.3. The molecule has 2 aliphatic heterocycles. The summed E-state index contributed by atoms with van der Waals surface area (Å²) in [5.74, 6) is 0.543. The number of ether oxygens (including phenoxy) is 2. The smallest absolute Gasteiger partial charge is 0.307 e. The number of likely N-dealkylation sites (N-methyl/N-ethyl adjacent to an activating group) is 1. The Morgan fingerprint density at radius 2 is 1.70 bits per heavy atom. The van der Waals surface area contributed by atoms with E-state index in [1.165, 1.54) is 12.2 Å². The van der Waals surface area contributed by atoms with Crippen LogP contribution in [0.1, 0.15) is 58.3 Å². The molecule has 190 valence electrons. The van der Waals surface area contributed by atoms with Gasteiger partial charge in [0.25, 0.3) is 0 Å².